The van der Waals surface area contributed by atoms with Crippen molar-refractivity contribution in [2.75, 3.05) is 19.0 Å². The zero-order valence-corrected chi connectivity index (χ0v) is 12.2. The van der Waals surface area contributed by atoms with Gasteiger partial charge in [-0.25, -0.2) is 0 Å². The van der Waals surface area contributed by atoms with E-state index in [4.69, 9.17) is 4.74 Å². The Bertz CT molecular complexity index is 361. The van der Waals surface area contributed by atoms with Gasteiger partial charge in [0.15, 0.2) is 0 Å². The number of methoxy groups -OCH3 is 1. The smallest absolute Gasteiger partial charge is 0.0744 e. The van der Waals surface area contributed by atoms with E-state index in [-0.39, 0.29) is 0 Å². The predicted octanol–water partition coefficient (Wildman–Crippen LogP) is 3.17. The maximum atomic E-state index is 9.65. The second-order valence-electron chi connectivity index (χ2n) is 4.69. The topological polar surface area (TPSA) is 41.5 Å². The molecule has 1 aromatic carbocycles. The maximum Gasteiger partial charge on any atom is 0.0744 e. The number of aliphatic hydroxyl groups is 1. The van der Waals surface area contributed by atoms with Crippen molar-refractivity contribution >= 4 is 21.6 Å². The van der Waals surface area contributed by atoms with Gasteiger partial charge in [-0.1, -0.05) is 22.0 Å². The van der Waals surface area contributed by atoms with Gasteiger partial charge in [0, 0.05) is 29.4 Å². The molecule has 0 amide bonds. The molecule has 2 N–H and O–H groups in total. The van der Waals surface area contributed by atoms with E-state index in [0.717, 1.165) is 22.3 Å². The first-order valence-electron chi connectivity index (χ1n) is 5.66. The van der Waals surface area contributed by atoms with Crippen LogP contribution in [0.3, 0.4) is 0 Å². The van der Waals surface area contributed by atoms with Crippen molar-refractivity contribution in [1.82, 2.24) is 0 Å². The van der Waals surface area contributed by atoms with Crippen LogP contribution in [0.15, 0.2) is 22.7 Å². The highest BCUT2D eigenvalue weighted by Gasteiger charge is 2.12. The fraction of sp³-hybridized carbons (Fsp3) is 0.538. The van der Waals surface area contributed by atoms with Crippen molar-refractivity contribution in [3.8, 4) is 0 Å². The molecule has 3 nitrogen and oxygen atoms in total. The monoisotopic (exact) mass is 301 g/mol. The van der Waals surface area contributed by atoms with E-state index >= 15 is 0 Å². The van der Waals surface area contributed by atoms with E-state index in [2.05, 4.69) is 21.2 Å². The van der Waals surface area contributed by atoms with Crippen molar-refractivity contribution in [1.29, 1.82) is 0 Å². The average molecular weight is 302 g/mol. The number of anilines is 1. The predicted molar refractivity (Wildman–Crippen MR) is 74.3 cm³/mol. The molecule has 0 radical (unpaired) electrons. The average Bonchev–Trinajstić information content (AvgIpc) is 2.21. The second-order valence-corrected chi connectivity index (χ2v) is 5.54. The van der Waals surface area contributed by atoms with E-state index in [1.807, 2.05) is 32.0 Å². The van der Waals surface area contributed by atoms with Crippen LogP contribution in [0.25, 0.3) is 0 Å². The number of benzene rings is 1. The molecule has 0 spiro atoms. The Balaban J connectivity index is 2.67. The summed E-state index contributed by atoms with van der Waals surface area (Å²) in [6.45, 7) is 4.92. The Morgan fingerprint density at radius 1 is 1.41 bits per heavy atom. The normalized spacial score (nSPS) is 11.6. The highest BCUT2D eigenvalue weighted by molar-refractivity contribution is 9.10. The molecule has 0 saturated heterocycles. The van der Waals surface area contributed by atoms with Crippen molar-refractivity contribution in [3.05, 3.63) is 28.2 Å². The Morgan fingerprint density at radius 3 is 2.71 bits per heavy atom. The summed E-state index contributed by atoms with van der Waals surface area (Å²) in [7, 11) is 1.68. The number of hydrogen-bond donors (Lipinski definition) is 2. The first-order valence-corrected chi connectivity index (χ1v) is 6.46. The van der Waals surface area contributed by atoms with E-state index in [9.17, 15) is 5.11 Å². The minimum Gasteiger partial charge on any atom is -0.390 e. The minimum atomic E-state index is -0.638. The number of hydrogen-bond acceptors (Lipinski definition) is 3. The van der Waals surface area contributed by atoms with Crippen LogP contribution in [0.5, 0.6) is 0 Å². The summed E-state index contributed by atoms with van der Waals surface area (Å²) in [6, 6.07) is 5.99. The lowest BCUT2D eigenvalue weighted by atomic mass is 10.1. The van der Waals surface area contributed by atoms with Crippen LogP contribution in [0.2, 0.25) is 0 Å². The van der Waals surface area contributed by atoms with Crippen molar-refractivity contribution in [2.45, 2.75) is 32.5 Å². The highest BCUT2D eigenvalue weighted by atomic mass is 79.9. The molecule has 1 aromatic rings. The van der Waals surface area contributed by atoms with Crippen molar-refractivity contribution in [3.63, 3.8) is 0 Å². The molecule has 1 rings (SSSR count). The molecule has 0 aliphatic heterocycles. The van der Waals surface area contributed by atoms with Crippen LogP contribution in [0, 0.1) is 0 Å². The molecule has 0 fully saturated rings. The van der Waals surface area contributed by atoms with Gasteiger partial charge < -0.3 is 15.2 Å². The van der Waals surface area contributed by atoms with Crippen LogP contribution < -0.4 is 5.32 Å². The van der Waals surface area contributed by atoms with E-state index in [1.165, 1.54) is 0 Å². The minimum absolute atomic E-state index is 0.562. The van der Waals surface area contributed by atoms with Gasteiger partial charge in [-0.2, -0.15) is 0 Å². The third-order valence-corrected chi connectivity index (χ3v) is 3.20. The van der Waals surface area contributed by atoms with E-state index < -0.39 is 5.60 Å². The fourth-order valence-corrected chi connectivity index (χ4v) is 2.00. The Labute approximate surface area is 111 Å². The Kier molecular flexibility index (Phi) is 5.43. The maximum absolute atomic E-state index is 9.65. The molecule has 0 aliphatic carbocycles. The van der Waals surface area contributed by atoms with Crippen LogP contribution >= 0.6 is 15.9 Å². The number of halogens is 1. The highest BCUT2D eigenvalue weighted by Crippen LogP contribution is 2.25. The van der Waals surface area contributed by atoms with Gasteiger partial charge in [0.1, 0.15) is 0 Å². The Hall–Kier alpha value is -0.580. The van der Waals surface area contributed by atoms with Gasteiger partial charge in [0.05, 0.1) is 12.2 Å². The van der Waals surface area contributed by atoms with Crippen molar-refractivity contribution in [2.24, 2.45) is 0 Å². The first-order chi connectivity index (χ1) is 7.94. The number of ether oxygens (including phenoxy) is 1. The molecule has 0 bridgehead atoms. The SMILES string of the molecule is COCc1c(Br)cccc1NCCC(C)(C)O. The summed E-state index contributed by atoms with van der Waals surface area (Å²) in [5.74, 6) is 0. The summed E-state index contributed by atoms with van der Waals surface area (Å²) >= 11 is 3.51. The summed E-state index contributed by atoms with van der Waals surface area (Å²) in [5, 5.41) is 13.0. The molecule has 0 saturated carbocycles. The van der Waals surface area contributed by atoms with Gasteiger partial charge >= 0.3 is 0 Å². The molecular weight excluding hydrogens is 282 g/mol. The molecule has 0 atom stereocenters. The van der Waals surface area contributed by atoms with Gasteiger partial charge in [-0.05, 0) is 32.4 Å². The lowest BCUT2D eigenvalue weighted by Crippen LogP contribution is -2.22. The van der Waals surface area contributed by atoms with E-state index in [1.54, 1.807) is 7.11 Å². The van der Waals surface area contributed by atoms with Crippen LogP contribution in [0.4, 0.5) is 5.69 Å². The quantitative estimate of drug-likeness (QED) is 0.848. The second kappa shape index (κ2) is 6.38. The summed E-state index contributed by atoms with van der Waals surface area (Å²) in [5.41, 5.74) is 1.51. The van der Waals surface area contributed by atoms with E-state index in [0.29, 0.717) is 13.0 Å². The van der Waals surface area contributed by atoms with Gasteiger partial charge in [0.25, 0.3) is 0 Å². The molecule has 0 heterocycles. The Morgan fingerprint density at radius 2 is 2.12 bits per heavy atom. The van der Waals surface area contributed by atoms with Gasteiger partial charge in [0.2, 0.25) is 0 Å². The number of nitrogens with one attached hydrogen (secondary N) is 1. The first kappa shape index (κ1) is 14.5. The molecule has 0 unspecified atom stereocenters. The largest absolute Gasteiger partial charge is 0.390 e. The van der Waals surface area contributed by atoms with Crippen LogP contribution in [-0.4, -0.2) is 24.4 Å². The van der Waals surface area contributed by atoms with Crippen LogP contribution in [0.1, 0.15) is 25.8 Å². The molecule has 0 aliphatic rings. The van der Waals surface area contributed by atoms with Gasteiger partial charge in [-0.15, -0.1) is 0 Å². The lowest BCUT2D eigenvalue weighted by molar-refractivity contribution is 0.0748. The molecule has 96 valence electrons. The standard InChI is InChI=1S/C13H20BrNO2/c1-13(2,16)7-8-15-12-6-4-5-11(14)10(12)9-17-3/h4-6,15-16H,7-9H2,1-3H3. The molecule has 4 heteroatoms. The summed E-state index contributed by atoms with van der Waals surface area (Å²) < 4.78 is 6.21. The summed E-state index contributed by atoms with van der Waals surface area (Å²) in [6.07, 6.45) is 0.700. The number of rotatable bonds is 6. The third kappa shape index (κ3) is 5.06. The van der Waals surface area contributed by atoms with Gasteiger partial charge in [-0.3, -0.25) is 0 Å². The van der Waals surface area contributed by atoms with Crippen molar-refractivity contribution < 1.29 is 9.84 Å². The summed E-state index contributed by atoms with van der Waals surface area (Å²) in [4.78, 5) is 0. The third-order valence-electron chi connectivity index (χ3n) is 2.46. The molecule has 17 heavy (non-hydrogen) atoms. The van der Waals surface area contributed by atoms with Crippen LogP contribution in [-0.2, 0) is 11.3 Å². The lowest BCUT2D eigenvalue weighted by Gasteiger charge is -2.19. The molecule has 0 aromatic heterocycles. The zero-order valence-electron chi connectivity index (χ0n) is 10.6. The molecular formula is C13H20BrNO2. The zero-order chi connectivity index (χ0) is 12.9. The fourth-order valence-electron chi connectivity index (χ4n) is 1.52.